The van der Waals surface area contributed by atoms with Gasteiger partial charge in [-0.2, -0.15) is 0 Å². The fraction of sp³-hybridized carbons (Fsp3) is 0.310. The number of rotatable bonds is 8. The van der Waals surface area contributed by atoms with Gasteiger partial charge in [-0.1, -0.05) is 72.3 Å². The minimum atomic E-state index is -4.04. The lowest BCUT2D eigenvalue weighted by atomic mass is 9.98. The second-order valence-electron chi connectivity index (χ2n) is 9.52. The van der Waals surface area contributed by atoms with Crippen LogP contribution in [0.4, 0.5) is 4.79 Å². The van der Waals surface area contributed by atoms with Gasteiger partial charge in [0.15, 0.2) is 0 Å². The first-order valence-corrected chi connectivity index (χ1v) is 14.5. The van der Waals surface area contributed by atoms with Crippen molar-refractivity contribution >= 4 is 33.6 Å². The summed E-state index contributed by atoms with van der Waals surface area (Å²) in [4.78, 5) is 26.8. The van der Waals surface area contributed by atoms with Crippen LogP contribution in [0, 0.1) is 12.8 Å². The van der Waals surface area contributed by atoms with Gasteiger partial charge in [-0.3, -0.25) is 4.79 Å². The van der Waals surface area contributed by atoms with Gasteiger partial charge in [-0.15, -0.1) is 0 Å². The average Bonchev–Trinajstić information content (AvgIpc) is 3.16. The summed E-state index contributed by atoms with van der Waals surface area (Å²) in [5.74, 6) is -0.555. The van der Waals surface area contributed by atoms with Gasteiger partial charge in [0.25, 0.3) is 10.0 Å². The quantitative estimate of drug-likeness (QED) is 0.427. The van der Waals surface area contributed by atoms with E-state index in [2.05, 4.69) is 4.72 Å². The molecule has 1 saturated heterocycles. The molecule has 39 heavy (non-hydrogen) atoms. The molecule has 0 saturated carbocycles. The second-order valence-corrected chi connectivity index (χ2v) is 11.6. The average molecular weight is 571 g/mol. The lowest BCUT2D eigenvalue weighted by molar-refractivity contribution is -0.118. The molecule has 0 radical (unpaired) electrons. The Balaban J connectivity index is 1.30. The first-order chi connectivity index (χ1) is 18.7. The Morgan fingerprint density at radius 2 is 1.72 bits per heavy atom. The van der Waals surface area contributed by atoms with Crippen molar-refractivity contribution < 1.29 is 27.5 Å². The number of carbonyl (C=O) groups is 2. The summed E-state index contributed by atoms with van der Waals surface area (Å²) >= 11 is 6.03. The van der Waals surface area contributed by atoms with E-state index < -0.39 is 15.9 Å². The molecule has 1 atom stereocenters. The highest BCUT2D eigenvalue weighted by molar-refractivity contribution is 7.90. The van der Waals surface area contributed by atoms with Crippen LogP contribution in [0.5, 0.6) is 0 Å². The highest BCUT2D eigenvalue weighted by Gasteiger charge is 2.24. The number of nitrogens with one attached hydrogen (secondary N) is 1. The third-order valence-corrected chi connectivity index (χ3v) is 8.40. The van der Waals surface area contributed by atoms with E-state index >= 15 is 0 Å². The van der Waals surface area contributed by atoms with Crippen molar-refractivity contribution in [1.29, 1.82) is 0 Å². The predicted octanol–water partition coefficient (Wildman–Crippen LogP) is 4.52. The van der Waals surface area contributed by atoms with Crippen LogP contribution in [0.2, 0.25) is 5.02 Å². The first kappa shape index (κ1) is 28.6. The Morgan fingerprint density at radius 3 is 2.46 bits per heavy atom. The molecule has 1 N–H and O–H groups in total. The van der Waals surface area contributed by atoms with Gasteiger partial charge in [-0.05, 0) is 47.7 Å². The zero-order chi connectivity index (χ0) is 27.8. The van der Waals surface area contributed by atoms with Crippen LogP contribution in [0.25, 0.3) is 0 Å². The normalized spacial score (nSPS) is 15.8. The fourth-order valence-corrected chi connectivity index (χ4v) is 5.90. The standard InChI is InChI=1S/C29H31ClN2O6S/c1-21-26(30)8-5-9-27(21)39(35,36)31-28(33)17-23-12-10-22(11-13-23)16-25-18-32(14-15-37-19-25)29(34)38-20-24-6-3-2-4-7-24/h2-13,25H,14-20H2,1H3,(H,31,33)/t25-/m0/s1. The van der Waals surface area contributed by atoms with Crippen LogP contribution in [-0.2, 0) is 43.7 Å². The summed E-state index contributed by atoms with van der Waals surface area (Å²) in [6.07, 6.45) is 0.225. The number of sulfonamides is 1. The minimum absolute atomic E-state index is 0.0256. The van der Waals surface area contributed by atoms with Gasteiger partial charge in [0.1, 0.15) is 6.61 Å². The molecular weight excluding hydrogens is 540 g/mol. The van der Waals surface area contributed by atoms with Gasteiger partial charge in [-0.25, -0.2) is 17.9 Å². The second kappa shape index (κ2) is 13.1. The molecule has 8 nitrogen and oxygen atoms in total. The first-order valence-electron chi connectivity index (χ1n) is 12.6. The third-order valence-electron chi connectivity index (χ3n) is 6.47. The van der Waals surface area contributed by atoms with E-state index in [4.69, 9.17) is 21.1 Å². The van der Waals surface area contributed by atoms with Gasteiger partial charge < -0.3 is 14.4 Å². The van der Waals surface area contributed by atoms with Gasteiger partial charge in [0, 0.05) is 24.0 Å². The number of hydrogen-bond acceptors (Lipinski definition) is 6. The molecule has 0 aromatic heterocycles. The summed E-state index contributed by atoms with van der Waals surface area (Å²) < 4.78 is 38.7. The zero-order valence-corrected chi connectivity index (χ0v) is 23.2. The Morgan fingerprint density at radius 1 is 1.00 bits per heavy atom. The molecule has 0 aliphatic carbocycles. The Kier molecular flexibility index (Phi) is 9.61. The molecular formula is C29H31ClN2O6S. The number of benzene rings is 3. The highest BCUT2D eigenvalue weighted by Crippen LogP contribution is 2.23. The van der Waals surface area contributed by atoms with Crippen LogP contribution in [0.3, 0.4) is 0 Å². The van der Waals surface area contributed by atoms with Crippen LogP contribution < -0.4 is 4.72 Å². The molecule has 3 aromatic carbocycles. The summed E-state index contributed by atoms with van der Waals surface area (Å²) in [5, 5.41) is 0.312. The Hall–Kier alpha value is -3.40. The van der Waals surface area contributed by atoms with Crippen molar-refractivity contribution in [3.05, 3.63) is 100 Å². The van der Waals surface area contributed by atoms with Crippen LogP contribution in [0.1, 0.15) is 22.3 Å². The predicted molar refractivity (Wildman–Crippen MR) is 148 cm³/mol. The summed E-state index contributed by atoms with van der Waals surface area (Å²) in [7, 11) is -4.04. The van der Waals surface area contributed by atoms with Crippen molar-refractivity contribution in [3.63, 3.8) is 0 Å². The fourth-order valence-electron chi connectivity index (χ4n) is 4.41. The molecule has 3 aromatic rings. The number of hydrogen-bond donors (Lipinski definition) is 1. The monoisotopic (exact) mass is 570 g/mol. The van der Waals surface area contributed by atoms with E-state index in [1.54, 1.807) is 30.0 Å². The minimum Gasteiger partial charge on any atom is -0.445 e. The van der Waals surface area contributed by atoms with Gasteiger partial charge in [0.05, 0.1) is 24.5 Å². The molecule has 1 aliphatic rings. The van der Waals surface area contributed by atoms with E-state index in [1.807, 2.05) is 42.5 Å². The lowest BCUT2D eigenvalue weighted by Gasteiger charge is -2.23. The molecule has 206 valence electrons. The topological polar surface area (TPSA) is 102 Å². The maximum absolute atomic E-state index is 12.7. The molecule has 1 aliphatic heterocycles. The number of ether oxygens (including phenoxy) is 2. The maximum atomic E-state index is 12.7. The van der Waals surface area contributed by atoms with Crippen LogP contribution in [0.15, 0.2) is 77.7 Å². The van der Waals surface area contributed by atoms with Crippen molar-refractivity contribution in [2.45, 2.75) is 31.3 Å². The maximum Gasteiger partial charge on any atom is 0.410 e. The molecule has 0 unspecified atom stereocenters. The smallest absolute Gasteiger partial charge is 0.410 e. The lowest BCUT2D eigenvalue weighted by Crippen LogP contribution is -2.36. The Labute approximate surface area is 233 Å². The van der Waals surface area contributed by atoms with E-state index in [9.17, 15) is 18.0 Å². The largest absolute Gasteiger partial charge is 0.445 e. The van der Waals surface area contributed by atoms with Crippen molar-refractivity contribution in [3.8, 4) is 0 Å². The van der Waals surface area contributed by atoms with E-state index in [-0.39, 0.29) is 29.9 Å². The molecule has 0 bridgehead atoms. The van der Waals surface area contributed by atoms with E-state index in [0.717, 1.165) is 11.1 Å². The number of amides is 2. The number of carbonyl (C=O) groups excluding carboxylic acids is 2. The summed E-state index contributed by atoms with van der Waals surface area (Å²) in [5.41, 5.74) is 3.01. The van der Waals surface area contributed by atoms with Crippen molar-refractivity contribution in [2.24, 2.45) is 5.92 Å². The van der Waals surface area contributed by atoms with Gasteiger partial charge >= 0.3 is 6.09 Å². The molecule has 1 fully saturated rings. The summed E-state index contributed by atoms with van der Waals surface area (Å²) in [6.45, 7) is 3.76. The SMILES string of the molecule is Cc1c(Cl)cccc1S(=O)(=O)NC(=O)Cc1ccc(C[C@@H]2COCCN(C(=O)OCc3ccccc3)C2)cc1. The van der Waals surface area contributed by atoms with Crippen molar-refractivity contribution in [2.75, 3.05) is 26.3 Å². The zero-order valence-electron chi connectivity index (χ0n) is 21.6. The summed E-state index contributed by atoms with van der Waals surface area (Å²) in [6, 6.07) is 21.5. The molecule has 0 spiro atoms. The molecule has 4 rings (SSSR count). The van der Waals surface area contributed by atoms with Crippen LogP contribution >= 0.6 is 11.6 Å². The Bertz CT molecular complexity index is 1400. The third kappa shape index (κ3) is 8.05. The number of halogens is 1. The molecule has 10 heteroatoms. The van der Waals surface area contributed by atoms with Crippen LogP contribution in [-0.4, -0.2) is 51.6 Å². The molecule has 2 amide bonds. The van der Waals surface area contributed by atoms with E-state index in [1.165, 1.54) is 12.1 Å². The van der Waals surface area contributed by atoms with Gasteiger partial charge in [0.2, 0.25) is 5.91 Å². The number of nitrogens with zero attached hydrogens (tertiary/aromatic N) is 1. The van der Waals surface area contributed by atoms with Crippen molar-refractivity contribution in [1.82, 2.24) is 9.62 Å². The van der Waals surface area contributed by atoms with E-state index in [0.29, 0.717) is 48.9 Å². The molecule has 1 heterocycles. The highest BCUT2D eigenvalue weighted by atomic mass is 35.5.